The Morgan fingerprint density at radius 3 is 2.70 bits per heavy atom. The van der Waals surface area contributed by atoms with Crippen LogP contribution in [0.15, 0.2) is 24.4 Å². The molecule has 0 saturated heterocycles. The van der Waals surface area contributed by atoms with Crippen LogP contribution in [0.3, 0.4) is 0 Å². The van der Waals surface area contributed by atoms with E-state index in [1.165, 1.54) is 5.56 Å². The molecule has 0 saturated carbocycles. The molecule has 0 aliphatic carbocycles. The van der Waals surface area contributed by atoms with Crippen molar-refractivity contribution in [2.75, 3.05) is 19.0 Å². The van der Waals surface area contributed by atoms with E-state index >= 15 is 0 Å². The fourth-order valence-electron chi connectivity index (χ4n) is 2.07. The number of ether oxygens (including phenoxy) is 2. The smallest absolute Gasteiger partial charge is 0.162 e. The molecule has 2 aromatic rings. The highest BCUT2D eigenvalue weighted by molar-refractivity contribution is 5.55. The molecule has 0 aliphatic heterocycles. The number of rotatable bonds is 6. The number of nitrogens with one attached hydrogen (secondary N) is 1. The molecule has 1 aromatic carbocycles. The Labute approximate surface area is 119 Å². The van der Waals surface area contributed by atoms with E-state index in [2.05, 4.69) is 10.4 Å². The molecule has 5 nitrogen and oxygen atoms in total. The van der Waals surface area contributed by atoms with Crippen molar-refractivity contribution in [2.45, 2.75) is 20.4 Å². The summed E-state index contributed by atoms with van der Waals surface area (Å²) in [7, 11) is 3.57. The second-order valence-corrected chi connectivity index (χ2v) is 4.57. The van der Waals surface area contributed by atoms with E-state index in [4.69, 9.17) is 9.47 Å². The van der Waals surface area contributed by atoms with E-state index in [9.17, 15) is 0 Å². The molecule has 0 spiro atoms. The van der Waals surface area contributed by atoms with Crippen molar-refractivity contribution < 1.29 is 9.47 Å². The molecule has 0 amide bonds. The van der Waals surface area contributed by atoms with Crippen LogP contribution in [0.25, 0.3) is 0 Å². The van der Waals surface area contributed by atoms with Crippen LogP contribution in [0.5, 0.6) is 11.5 Å². The molecule has 0 unspecified atom stereocenters. The summed E-state index contributed by atoms with van der Waals surface area (Å²) in [5, 5.41) is 7.70. The molecule has 0 fully saturated rings. The van der Waals surface area contributed by atoms with Crippen LogP contribution in [0, 0.1) is 6.92 Å². The van der Waals surface area contributed by atoms with Crippen molar-refractivity contribution in [2.24, 2.45) is 7.05 Å². The molecule has 5 heteroatoms. The predicted octanol–water partition coefficient (Wildman–Crippen LogP) is 2.75. The van der Waals surface area contributed by atoms with Gasteiger partial charge in [-0.15, -0.1) is 0 Å². The number of benzene rings is 1. The molecule has 1 N–H and O–H groups in total. The average Bonchev–Trinajstić information content (AvgIpc) is 2.76. The third kappa shape index (κ3) is 3.23. The summed E-state index contributed by atoms with van der Waals surface area (Å²) in [5.41, 5.74) is 3.21. The van der Waals surface area contributed by atoms with Gasteiger partial charge in [0.2, 0.25) is 0 Å². The Hall–Kier alpha value is -2.17. The molecule has 0 radical (unpaired) electrons. The molecule has 0 atom stereocenters. The SMILES string of the molecule is CCOc1ccc(NCc2cn(C)nc2C)cc1OC. The minimum absolute atomic E-state index is 0.623. The Balaban J connectivity index is 2.08. The van der Waals surface area contributed by atoms with Gasteiger partial charge in [-0.05, 0) is 26.0 Å². The first-order chi connectivity index (χ1) is 9.63. The summed E-state index contributed by atoms with van der Waals surface area (Å²) in [6, 6.07) is 5.84. The molecule has 0 bridgehead atoms. The molecule has 1 aromatic heterocycles. The first-order valence-electron chi connectivity index (χ1n) is 6.68. The highest BCUT2D eigenvalue weighted by Gasteiger charge is 2.06. The Morgan fingerprint density at radius 2 is 2.10 bits per heavy atom. The molecular weight excluding hydrogens is 254 g/mol. The number of methoxy groups -OCH3 is 1. The molecule has 1 heterocycles. The van der Waals surface area contributed by atoms with Crippen LogP contribution >= 0.6 is 0 Å². The fourth-order valence-corrected chi connectivity index (χ4v) is 2.07. The van der Waals surface area contributed by atoms with Crippen LogP contribution in [-0.2, 0) is 13.6 Å². The van der Waals surface area contributed by atoms with Crippen molar-refractivity contribution in [3.63, 3.8) is 0 Å². The van der Waals surface area contributed by atoms with Gasteiger partial charge in [0, 0.05) is 37.1 Å². The second kappa shape index (κ2) is 6.32. The predicted molar refractivity (Wildman–Crippen MR) is 79.4 cm³/mol. The lowest BCUT2D eigenvalue weighted by atomic mass is 10.2. The Kier molecular flexibility index (Phi) is 4.50. The number of aryl methyl sites for hydroxylation is 2. The topological polar surface area (TPSA) is 48.3 Å². The number of anilines is 1. The van der Waals surface area contributed by atoms with Crippen LogP contribution < -0.4 is 14.8 Å². The van der Waals surface area contributed by atoms with E-state index in [0.717, 1.165) is 29.4 Å². The number of aromatic nitrogens is 2. The zero-order valence-corrected chi connectivity index (χ0v) is 12.4. The maximum atomic E-state index is 5.50. The van der Waals surface area contributed by atoms with Crippen molar-refractivity contribution in [3.8, 4) is 11.5 Å². The van der Waals surface area contributed by atoms with E-state index in [0.29, 0.717) is 6.61 Å². The maximum Gasteiger partial charge on any atom is 0.162 e. The Morgan fingerprint density at radius 1 is 1.30 bits per heavy atom. The molecule has 108 valence electrons. The number of hydrogen-bond donors (Lipinski definition) is 1. The third-order valence-corrected chi connectivity index (χ3v) is 3.06. The number of hydrogen-bond acceptors (Lipinski definition) is 4. The van der Waals surface area contributed by atoms with Gasteiger partial charge in [0.05, 0.1) is 19.4 Å². The lowest BCUT2D eigenvalue weighted by Crippen LogP contribution is -2.01. The van der Waals surface area contributed by atoms with Gasteiger partial charge in [-0.25, -0.2) is 0 Å². The lowest BCUT2D eigenvalue weighted by molar-refractivity contribution is 0.311. The first kappa shape index (κ1) is 14.2. The Bertz CT molecular complexity index is 578. The van der Waals surface area contributed by atoms with Gasteiger partial charge in [-0.2, -0.15) is 5.10 Å². The molecular formula is C15H21N3O2. The van der Waals surface area contributed by atoms with Gasteiger partial charge >= 0.3 is 0 Å². The summed E-state index contributed by atoms with van der Waals surface area (Å²) in [6.45, 7) is 5.32. The van der Waals surface area contributed by atoms with Crippen LogP contribution in [0.1, 0.15) is 18.2 Å². The lowest BCUT2D eigenvalue weighted by Gasteiger charge is -2.12. The normalized spacial score (nSPS) is 10.4. The van der Waals surface area contributed by atoms with E-state index < -0.39 is 0 Å². The van der Waals surface area contributed by atoms with Crippen LogP contribution in [-0.4, -0.2) is 23.5 Å². The van der Waals surface area contributed by atoms with Gasteiger partial charge in [-0.1, -0.05) is 0 Å². The van der Waals surface area contributed by atoms with Crippen molar-refractivity contribution >= 4 is 5.69 Å². The third-order valence-electron chi connectivity index (χ3n) is 3.06. The van der Waals surface area contributed by atoms with Crippen molar-refractivity contribution in [1.29, 1.82) is 0 Å². The molecule has 0 aliphatic rings. The molecule has 20 heavy (non-hydrogen) atoms. The summed E-state index contributed by atoms with van der Waals surface area (Å²) in [4.78, 5) is 0. The fraction of sp³-hybridized carbons (Fsp3) is 0.400. The maximum absolute atomic E-state index is 5.50. The zero-order chi connectivity index (χ0) is 14.5. The monoisotopic (exact) mass is 275 g/mol. The summed E-state index contributed by atoms with van der Waals surface area (Å²) >= 11 is 0. The van der Waals surface area contributed by atoms with Crippen LogP contribution in [0.4, 0.5) is 5.69 Å². The van der Waals surface area contributed by atoms with Gasteiger partial charge in [0.25, 0.3) is 0 Å². The van der Waals surface area contributed by atoms with E-state index in [1.807, 2.05) is 50.0 Å². The van der Waals surface area contributed by atoms with Gasteiger partial charge in [0.15, 0.2) is 11.5 Å². The average molecular weight is 275 g/mol. The van der Waals surface area contributed by atoms with E-state index in [-0.39, 0.29) is 0 Å². The van der Waals surface area contributed by atoms with Gasteiger partial charge in [-0.3, -0.25) is 4.68 Å². The zero-order valence-electron chi connectivity index (χ0n) is 12.4. The summed E-state index contributed by atoms with van der Waals surface area (Å²) in [6.07, 6.45) is 2.02. The van der Waals surface area contributed by atoms with Crippen molar-refractivity contribution in [3.05, 3.63) is 35.7 Å². The van der Waals surface area contributed by atoms with Gasteiger partial charge in [0.1, 0.15) is 0 Å². The van der Waals surface area contributed by atoms with E-state index in [1.54, 1.807) is 7.11 Å². The highest BCUT2D eigenvalue weighted by Crippen LogP contribution is 2.30. The first-order valence-corrected chi connectivity index (χ1v) is 6.68. The minimum Gasteiger partial charge on any atom is -0.493 e. The number of nitrogens with zero attached hydrogens (tertiary/aromatic N) is 2. The van der Waals surface area contributed by atoms with Crippen molar-refractivity contribution in [1.82, 2.24) is 9.78 Å². The summed E-state index contributed by atoms with van der Waals surface area (Å²) in [5.74, 6) is 1.50. The molecule has 2 rings (SSSR count). The minimum atomic E-state index is 0.623. The van der Waals surface area contributed by atoms with Gasteiger partial charge < -0.3 is 14.8 Å². The van der Waals surface area contributed by atoms with Crippen LogP contribution in [0.2, 0.25) is 0 Å². The standard InChI is InChI=1S/C15H21N3O2/c1-5-20-14-7-6-13(8-15(14)19-4)16-9-12-10-18(3)17-11(12)2/h6-8,10,16H,5,9H2,1-4H3. The summed E-state index contributed by atoms with van der Waals surface area (Å²) < 4.78 is 12.7. The largest absolute Gasteiger partial charge is 0.493 e. The quantitative estimate of drug-likeness (QED) is 0.880. The second-order valence-electron chi connectivity index (χ2n) is 4.57. The highest BCUT2D eigenvalue weighted by atomic mass is 16.5.